The monoisotopic (exact) mass is 300 g/mol. The van der Waals surface area contributed by atoms with E-state index < -0.39 is 0 Å². The van der Waals surface area contributed by atoms with Gasteiger partial charge < -0.3 is 10.6 Å². The Balaban J connectivity index is 2.14. The number of hydrogen-bond donors (Lipinski definition) is 3. The summed E-state index contributed by atoms with van der Waals surface area (Å²) in [6.07, 6.45) is 0. The van der Waals surface area contributed by atoms with Crippen molar-refractivity contribution < 1.29 is 4.79 Å². The van der Waals surface area contributed by atoms with Gasteiger partial charge in [0.15, 0.2) is 5.69 Å². The Morgan fingerprint density at radius 1 is 1.27 bits per heavy atom. The number of benzene rings is 1. The summed E-state index contributed by atoms with van der Waals surface area (Å²) < 4.78 is 0. The zero-order valence-electron chi connectivity index (χ0n) is 13.7. The van der Waals surface area contributed by atoms with Crippen LogP contribution in [-0.2, 0) is 12.0 Å². The lowest BCUT2D eigenvalue weighted by Crippen LogP contribution is -2.17. The topological polar surface area (TPSA) is 69.8 Å². The van der Waals surface area contributed by atoms with E-state index in [1.54, 1.807) is 0 Å². The molecule has 0 radical (unpaired) electrons. The maximum absolute atomic E-state index is 12.4. The van der Waals surface area contributed by atoms with Crippen LogP contribution in [-0.4, -0.2) is 22.6 Å². The van der Waals surface area contributed by atoms with Gasteiger partial charge >= 0.3 is 0 Å². The molecule has 0 bridgehead atoms. The first-order valence-corrected chi connectivity index (χ1v) is 7.57. The molecule has 1 amide bonds. The van der Waals surface area contributed by atoms with E-state index in [1.165, 1.54) is 0 Å². The smallest absolute Gasteiger partial charge is 0.276 e. The van der Waals surface area contributed by atoms with Crippen LogP contribution >= 0.6 is 0 Å². The van der Waals surface area contributed by atoms with E-state index in [2.05, 4.69) is 48.5 Å². The fourth-order valence-corrected chi connectivity index (χ4v) is 2.06. The summed E-state index contributed by atoms with van der Waals surface area (Å²) >= 11 is 0. The van der Waals surface area contributed by atoms with Crippen LogP contribution in [0.1, 0.15) is 49.4 Å². The second kappa shape index (κ2) is 6.75. The number of amides is 1. The van der Waals surface area contributed by atoms with Gasteiger partial charge in [0.2, 0.25) is 0 Å². The third kappa shape index (κ3) is 3.95. The van der Waals surface area contributed by atoms with Crippen molar-refractivity contribution in [2.45, 2.75) is 39.7 Å². The first-order chi connectivity index (χ1) is 10.4. The number of aromatic nitrogens is 2. The maximum Gasteiger partial charge on any atom is 0.276 e. The molecule has 0 unspecified atom stereocenters. The van der Waals surface area contributed by atoms with Crippen LogP contribution in [0.25, 0.3) is 0 Å². The van der Waals surface area contributed by atoms with Crippen molar-refractivity contribution in [1.82, 2.24) is 15.5 Å². The summed E-state index contributed by atoms with van der Waals surface area (Å²) in [5, 5.41) is 13.3. The van der Waals surface area contributed by atoms with E-state index in [4.69, 9.17) is 0 Å². The quantitative estimate of drug-likeness (QED) is 0.795. The molecule has 5 nitrogen and oxygen atoms in total. The van der Waals surface area contributed by atoms with Crippen molar-refractivity contribution in [1.29, 1.82) is 0 Å². The fourth-order valence-electron chi connectivity index (χ4n) is 2.06. The zero-order valence-corrected chi connectivity index (χ0v) is 13.7. The number of para-hydroxylation sites is 1. The minimum Gasteiger partial charge on any atom is -0.320 e. The second-order valence-electron chi connectivity index (χ2n) is 6.31. The summed E-state index contributed by atoms with van der Waals surface area (Å²) in [6.45, 7) is 9.89. The van der Waals surface area contributed by atoms with Gasteiger partial charge in [0.25, 0.3) is 5.91 Å². The molecule has 2 rings (SSSR count). The lowest BCUT2D eigenvalue weighted by atomic mass is 9.92. The van der Waals surface area contributed by atoms with Crippen molar-refractivity contribution in [3.8, 4) is 0 Å². The van der Waals surface area contributed by atoms with Crippen molar-refractivity contribution in [3.05, 3.63) is 47.3 Å². The summed E-state index contributed by atoms with van der Waals surface area (Å²) in [7, 11) is 0. The minimum atomic E-state index is -0.198. The largest absolute Gasteiger partial charge is 0.320 e. The maximum atomic E-state index is 12.4. The van der Waals surface area contributed by atoms with Gasteiger partial charge in [-0.2, -0.15) is 5.10 Å². The van der Waals surface area contributed by atoms with Crippen LogP contribution in [0.2, 0.25) is 0 Å². The summed E-state index contributed by atoms with van der Waals surface area (Å²) in [6, 6.07) is 9.60. The Hall–Kier alpha value is -2.14. The third-order valence-corrected chi connectivity index (χ3v) is 3.45. The number of H-pyrrole nitrogens is 1. The Morgan fingerprint density at radius 2 is 2.00 bits per heavy atom. The molecule has 3 N–H and O–H groups in total. The van der Waals surface area contributed by atoms with E-state index in [9.17, 15) is 4.79 Å². The zero-order chi connectivity index (χ0) is 16.2. The van der Waals surface area contributed by atoms with E-state index in [0.29, 0.717) is 5.69 Å². The number of carbonyl (C=O) groups excluding carboxylic acids is 1. The van der Waals surface area contributed by atoms with Crippen LogP contribution in [0.3, 0.4) is 0 Å². The molecule has 5 heteroatoms. The molecule has 0 aliphatic carbocycles. The Kier molecular flexibility index (Phi) is 4.98. The Morgan fingerprint density at radius 3 is 2.64 bits per heavy atom. The second-order valence-corrected chi connectivity index (χ2v) is 6.31. The average molecular weight is 300 g/mol. The summed E-state index contributed by atoms with van der Waals surface area (Å²) in [5.41, 5.74) is 3.16. The molecule has 1 heterocycles. The summed E-state index contributed by atoms with van der Waals surface area (Å²) in [4.78, 5) is 12.4. The van der Waals surface area contributed by atoms with Gasteiger partial charge in [-0.15, -0.1) is 0 Å². The highest BCUT2D eigenvalue weighted by Crippen LogP contribution is 2.21. The van der Waals surface area contributed by atoms with Crippen molar-refractivity contribution >= 4 is 11.6 Å². The first-order valence-electron chi connectivity index (χ1n) is 7.57. The van der Waals surface area contributed by atoms with Crippen LogP contribution in [0.5, 0.6) is 0 Å². The van der Waals surface area contributed by atoms with Crippen LogP contribution in [0.4, 0.5) is 5.69 Å². The molecule has 118 valence electrons. The van der Waals surface area contributed by atoms with E-state index in [0.717, 1.165) is 30.0 Å². The molecule has 0 saturated carbocycles. The molecule has 0 aliphatic heterocycles. The van der Waals surface area contributed by atoms with Crippen molar-refractivity contribution in [2.24, 2.45) is 0 Å². The average Bonchev–Trinajstić information content (AvgIpc) is 2.96. The van der Waals surface area contributed by atoms with Gasteiger partial charge in [0.05, 0.1) is 0 Å². The van der Waals surface area contributed by atoms with Crippen molar-refractivity contribution in [3.63, 3.8) is 0 Å². The summed E-state index contributed by atoms with van der Waals surface area (Å²) in [5.74, 6) is -0.198. The standard InChI is InChI=1S/C17H24N4O/c1-5-18-11-12-8-6-7-9-13(12)19-16(22)14-10-15(21-20-14)17(2,3)4/h6-10,18H,5,11H2,1-4H3,(H,19,22)(H,20,21). The van der Waals surface area contributed by atoms with Gasteiger partial charge in [-0.25, -0.2) is 0 Å². The fraction of sp³-hybridized carbons (Fsp3) is 0.412. The lowest BCUT2D eigenvalue weighted by molar-refractivity contribution is 0.102. The van der Waals surface area contributed by atoms with E-state index >= 15 is 0 Å². The molecule has 0 spiro atoms. The number of rotatable bonds is 5. The molecule has 0 atom stereocenters. The molecule has 2 aromatic rings. The van der Waals surface area contributed by atoms with Crippen LogP contribution in [0.15, 0.2) is 30.3 Å². The Labute approximate surface area is 131 Å². The molecular formula is C17H24N4O. The number of nitrogens with zero attached hydrogens (tertiary/aromatic N) is 1. The Bertz CT molecular complexity index is 640. The van der Waals surface area contributed by atoms with Gasteiger partial charge in [-0.3, -0.25) is 9.89 Å². The van der Waals surface area contributed by atoms with Gasteiger partial charge in [0, 0.05) is 23.3 Å². The highest BCUT2D eigenvalue weighted by molar-refractivity contribution is 6.03. The number of hydrogen-bond acceptors (Lipinski definition) is 3. The van der Waals surface area contributed by atoms with Gasteiger partial charge in [-0.1, -0.05) is 45.9 Å². The number of nitrogens with one attached hydrogen (secondary N) is 3. The molecule has 1 aromatic carbocycles. The number of aromatic amines is 1. The van der Waals surface area contributed by atoms with Gasteiger partial charge in [-0.05, 0) is 24.2 Å². The highest BCUT2D eigenvalue weighted by Gasteiger charge is 2.19. The van der Waals surface area contributed by atoms with Crippen LogP contribution < -0.4 is 10.6 Å². The molecule has 1 aromatic heterocycles. The van der Waals surface area contributed by atoms with Gasteiger partial charge in [0.1, 0.15) is 0 Å². The number of carbonyl (C=O) groups is 1. The predicted molar refractivity (Wildman–Crippen MR) is 89.1 cm³/mol. The van der Waals surface area contributed by atoms with E-state index in [-0.39, 0.29) is 11.3 Å². The minimum absolute atomic E-state index is 0.0610. The molecule has 0 fully saturated rings. The molecular weight excluding hydrogens is 276 g/mol. The number of anilines is 1. The first kappa shape index (κ1) is 16.2. The third-order valence-electron chi connectivity index (χ3n) is 3.45. The highest BCUT2D eigenvalue weighted by atomic mass is 16.1. The molecule has 22 heavy (non-hydrogen) atoms. The molecule has 0 saturated heterocycles. The van der Waals surface area contributed by atoms with Crippen LogP contribution in [0, 0.1) is 0 Å². The van der Waals surface area contributed by atoms with Crippen molar-refractivity contribution in [2.75, 3.05) is 11.9 Å². The normalized spacial score (nSPS) is 11.5. The predicted octanol–water partition coefficient (Wildman–Crippen LogP) is 3.07. The SMILES string of the molecule is CCNCc1ccccc1NC(=O)c1cc(C(C)(C)C)[nH]n1. The van der Waals surface area contributed by atoms with E-state index in [1.807, 2.05) is 30.3 Å². The molecule has 0 aliphatic rings. The lowest BCUT2D eigenvalue weighted by Gasteiger charge is -2.14.